The number of aromatic nitrogens is 3. The summed E-state index contributed by atoms with van der Waals surface area (Å²) in [5.41, 5.74) is 1.89. The van der Waals surface area contributed by atoms with E-state index < -0.39 is 18.5 Å². The molecular formula is C5H6N4O4. The van der Waals surface area contributed by atoms with E-state index in [1.54, 1.807) is 0 Å². The van der Waals surface area contributed by atoms with Crippen molar-refractivity contribution in [2.24, 2.45) is 0 Å². The molecule has 0 saturated carbocycles. The fourth-order valence-corrected chi connectivity index (χ4v) is 0.527. The highest BCUT2D eigenvalue weighted by molar-refractivity contribution is 5.91. The van der Waals surface area contributed by atoms with Crippen LogP contribution in [0.15, 0.2) is 6.20 Å². The standard InChI is InChI=1S/C5H6N4O4/c10-4(11)2-13-8-5(12)3-1-6-9-7-3/h1H,2H2,(H,8,12)(H,10,11)(H,6,7,9). The van der Waals surface area contributed by atoms with Gasteiger partial charge in [-0.25, -0.2) is 10.3 Å². The Morgan fingerprint density at radius 2 is 2.46 bits per heavy atom. The number of hydrogen-bond donors (Lipinski definition) is 3. The summed E-state index contributed by atoms with van der Waals surface area (Å²) >= 11 is 0. The van der Waals surface area contributed by atoms with E-state index in [2.05, 4.69) is 20.2 Å². The topological polar surface area (TPSA) is 117 Å². The normalized spacial score (nSPS) is 9.54. The van der Waals surface area contributed by atoms with Gasteiger partial charge in [-0.15, -0.1) is 0 Å². The van der Waals surface area contributed by atoms with E-state index in [0.29, 0.717) is 0 Å². The van der Waals surface area contributed by atoms with Gasteiger partial charge in [0.15, 0.2) is 12.3 Å². The molecule has 0 saturated heterocycles. The van der Waals surface area contributed by atoms with E-state index in [0.717, 1.165) is 0 Å². The summed E-state index contributed by atoms with van der Waals surface area (Å²) in [5.74, 6) is -1.84. The zero-order valence-electron chi connectivity index (χ0n) is 6.35. The molecule has 0 atom stereocenters. The first-order chi connectivity index (χ1) is 6.20. The highest BCUT2D eigenvalue weighted by atomic mass is 16.7. The summed E-state index contributed by atoms with van der Waals surface area (Å²) in [6.45, 7) is -0.608. The van der Waals surface area contributed by atoms with Gasteiger partial charge in [0.05, 0.1) is 6.20 Å². The third-order valence-corrected chi connectivity index (χ3v) is 1.01. The quantitative estimate of drug-likeness (QED) is 0.495. The van der Waals surface area contributed by atoms with Crippen molar-refractivity contribution >= 4 is 11.9 Å². The number of hydrogen-bond acceptors (Lipinski definition) is 5. The van der Waals surface area contributed by atoms with Gasteiger partial charge in [-0.1, -0.05) is 0 Å². The van der Waals surface area contributed by atoms with E-state index in [4.69, 9.17) is 5.11 Å². The molecule has 1 heterocycles. The Morgan fingerprint density at radius 3 is 3.00 bits per heavy atom. The summed E-state index contributed by atoms with van der Waals surface area (Å²) in [6, 6.07) is 0. The molecule has 0 aliphatic carbocycles. The molecule has 0 radical (unpaired) electrons. The molecule has 0 fully saturated rings. The number of aromatic amines is 1. The number of carbonyl (C=O) groups excluding carboxylic acids is 1. The van der Waals surface area contributed by atoms with Gasteiger partial charge < -0.3 is 5.11 Å². The number of hydroxylamine groups is 1. The van der Waals surface area contributed by atoms with Gasteiger partial charge in [0.1, 0.15) is 0 Å². The molecule has 0 bridgehead atoms. The molecular weight excluding hydrogens is 180 g/mol. The molecule has 8 heteroatoms. The Morgan fingerprint density at radius 1 is 1.69 bits per heavy atom. The molecule has 1 amide bonds. The second-order valence-electron chi connectivity index (χ2n) is 1.97. The van der Waals surface area contributed by atoms with Crippen LogP contribution in [0.3, 0.4) is 0 Å². The summed E-state index contributed by atoms with van der Waals surface area (Å²) in [7, 11) is 0. The number of nitrogens with one attached hydrogen (secondary N) is 2. The molecule has 0 aromatic carbocycles. The monoisotopic (exact) mass is 186 g/mol. The average molecular weight is 186 g/mol. The van der Waals surface area contributed by atoms with Crippen molar-refractivity contribution in [3.05, 3.63) is 11.9 Å². The summed E-state index contributed by atoms with van der Waals surface area (Å²) in [6.07, 6.45) is 1.18. The number of carboxylic acid groups (broad SMARTS) is 1. The van der Waals surface area contributed by atoms with Crippen LogP contribution in [0.1, 0.15) is 10.5 Å². The number of carboxylic acids is 1. The third-order valence-electron chi connectivity index (χ3n) is 1.01. The lowest BCUT2D eigenvalue weighted by molar-refractivity contribution is -0.144. The minimum absolute atomic E-state index is 0.0189. The number of H-pyrrole nitrogens is 1. The van der Waals surface area contributed by atoms with E-state index in [1.165, 1.54) is 6.20 Å². The maximum absolute atomic E-state index is 10.9. The smallest absolute Gasteiger partial charge is 0.332 e. The molecule has 8 nitrogen and oxygen atoms in total. The van der Waals surface area contributed by atoms with E-state index >= 15 is 0 Å². The molecule has 0 aliphatic heterocycles. The van der Waals surface area contributed by atoms with Crippen molar-refractivity contribution in [2.45, 2.75) is 0 Å². The van der Waals surface area contributed by atoms with Crippen LogP contribution in [0.4, 0.5) is 0 Å². The van der Waals surface area contributed by atoms with Crippen LogP contribution < -0.4 is 5.48 Å². The van der Waals surface area contributed by atoms with Crippen molar-refractivity contribution in [3.63, 3.8) is 0 Å². The molecule has 0 unspecified atom stereocenters. The SMILES string of the molecule is O=C(O)CONC(=O)c1cn[nH]n1. The number of nitrogens with zero attached hydrogens (tertiary/aromatic N) is 2. The number of rotatable bonds is 4. The average Bonchev–Trinajstić information content (AvgIpc) is 2.55. The highest BCUT2D eigenvalue weighted by Gasteiger charge is 2.08. The zero-order chi connectivity index (χ0) is 9.68. The van der Waals surface area contributed by atoms with Crippen LogP contribution >= 0.6 is 0 Å². The largest absolute Gasteiger partial charge is 0.479 e. The second-order valence-corrected chi connectivity index (χ2v) is 1.97. The number of amides is 1. The van der Waals surface area contributed by atoms with Gasteiger partial charge in [-0.3, -0.25) is 9.63 Å². The minimum atomic E-state index is -1.18. The molecule has 70 valence electrons. The Hall–Kier alpha value is -1.96. The summed E-state index contributed by atoms with van der Waals surface area (Å²) in [5, 5.41) is 17.2. The van der Waals surface area contributed by atoms with Gasteiger partial charge in [-0.2, -0.15) is 15.4 Å². The van der Waals surface area contributed by atoms with Gasteiger partial charge in [-0.05, 0) is 0 Å². The zero-order valence-corrected chi connectivity index (χ0v) is 6.35. The van der Waals surface area contributed by atoms with Crippen LogP contribution in [-0.2, 0) is 9.63 Å². The third kappa shape index (κ3) is 2.87. The maximum atomic E-state index is 10.9. The van der Waals surface area contributed by atoms with E-state index in [9.17, 15) is 9.59 Å². The van der Waals surface area contributed by atoms with Crippen molar-refractivity contribution < 1.29 is 19.5 Å². The van der Waals surface area contributed by atoms with E-state index in [-0.39, 0.29) is 5.69 Å². The van der Waals surface area contributed by atoms with Gasteiger partial charge >= 0.3 is 5.97 Å². The lowest BCUT2D eigenvalue weighted by Gasteiger charge is -1.99. The number of aliphatic carboxylic acids is 1. The van der Waals surface area contributed by atoms with E-state index in [1.807, 2.05) is 5.48 Å². The number of carbonyl (C=O) groups is 2. The van der Waals surface area contributed by atoms with Crippen LogP contribution in [0, 0.1) is 0 Å². The molecule has 1 aromatic rings. The Labute approximate surface area is 71.8 Å². The molecule has 1 rings (SSSR count). The molecule has 13 heavy (non-hydrogen) atoms. The first-order valence-electron chi connectivity index (χ1n) is 3.20. The van der Waals surface area contributed by atoms with Gasteiger partial charge in [0.2, 0.25) is 0 Å². The fraction of sp³-hybridized carbons (Fsp3) is 0.200. The lowest BCUT2D eigenvalue weighted by Crippen LogP contribution is -2.26. The highest BCUT2D eigenvalue weighted by Crippen LogP contribution is 1.87. The fourth-order valence-electron chi connectivity index (χ4n) is 0.527. The Bertz CT molecular complexity index is 295. The van der Waals surface area contributed by atoms with Gasteiger partial charge in [0.25, 0.3) is 5.91 Å². The first-order valence-corrected chi connectivity index (χ1v) is 3.20. The van der Waals surface area contributed by atoms with Crippen molar-refractivity contribution in [1.29, 1.82) is 0 Å². The molecule has 1 aromatic heterocycles. The predicted octanol–water partition coefficient (Wildman–Crippen LogP) is -1.45. The predicted molar refractivity (Wildman–Crippen MR) is 37.4 cm³/mol. The van der Waals surface area contributed by atoms with Crippen LogP contribution in [0.2, 0.25) is 0 Å². The van der Waals surface area contributed by atoms with Crippen LogP contribution in [0.5, 0.6) is 0 Å². The molecule has 3 N–H and O–H groups in total. The van der Waals surface area contributed by atoms with Crippen molar-refractivity contribution in [2.75, 3.05) is 6.61 Å². The van der Waals surface area contributed by atoms with Crippen LogP contribution in [0.25, 0.3) is 0 Å². The first kappa shape index (κ1) is 9.13. The molecule has 0 aliphatic rings. The second kappa shape index (κ2) is 4.16. The summed E-state index contributed by atoms with van der Waals surface area (Å²) in [4.78, 5) is 25.2. The Kier molecular flexibility index (Phi) is 2.92. The lowest BCUT2D eigenvalue weighted by atomic mass is 10.5. The van der Waals surface area contributed by atoms with Crippen LogP contribution in [-0.4, -0.2) is 39.0 Å². The maximum Gasteiger partial charge on any atom is 0.332 e. The van der Waals surface area contributed by atoms with Crippen molar-refractivity contribution in [3.8, 4) is 0 Å². The Balaban J connectivity index is 2.31. The molecule has 0 spiro atoms. The van der Waals surface area contributed by atoms with Crippen molar-refractivity contribution in [1.82, 2.24) is 20.9 Å². The summed E-state index contributed by atoms with van der Waals surface area (Å²) < 4.78 is 0. The van der Waals surface area contributed by atoms with Gasteiger partial charge in [0, 0.05) is 0 Å². The minimum Gasteiger partial charge on any atom is -0.479 e.